The fourth-order valence-corrected chi connectivity index (χ4v) is 2.95. The summed E-state index contributed by atoms with van der Waals surface area (Å²) in [7, 11) is 2.30. The van der Waals surface area contributed by atoms with Crippen molar-refractivity contribution < 1.29 is 27.1 Å². The van der Waals surface area contributed by atoms with Crippen LogP contribution in [0, 0.1) is 0 Å². The first kappa shape index (κ1) is 19.8. The highest BCUT2D eigenvalue weighted by atomic mass is 32.2. The number of furan rings is 1. The van der Waals surface area contributed by atoms with Gasteiger partial charge in [0.25, 0.3) is 15.9 Å². The largest absolute Gasteiger partial charge is 0.493 e. The summed E-state index contributed by atoms with van der Waals surface area (Å²) in [5, 5.41) is -0.295. The number of hydrogen-bond donors (Lipinski definition) is 1. The number of amides is 1. The minimum atomic E-state index is -3.72. The van der Waals surface area contributed by atoms with Crippen molar-refractivity contribution in [3.8, 4) is 11.5 Å². The van der Waals surface area contributed by atoms with Crippen molar-refractivity contribution >= 4 is 15.9 Å². The first-order valence-corrected chi connectivity index (χ1v) is 9.30. The number of carbonyl (C=O) groups excluding carboxylic acids is 1. The highest BCUT2D eigenvalue weighted by Gasteiger charge is 2.21. The third-order valence-electron chi connectivity index (χ3n) is 3.86. The second-order valence-corrected chi connectivity index (χ2v) is 7.31. The number of rotatable bonds is 8. The standard InChI is InChI=1S/C17H22N2O6S/c1-18-26(21,22)16-8-7-14(25-16)17(20)19(2)10-9-12-5-6-13(23-3)15(11-12)24-4/h5-8,11,18H,9-10H2,1-4H3. The molecule has 0 radical (unpaired) electrons. The molecule has 0 aliphatic carbocycles. The smallest absolute Gasteiger partial charge is 0.289 e. The van der Waals surface area contributed by atoms with Crippen LogP contribution in [0.15, 0.2) is 39.8 Å². The molecule has 1 heterocycles. The summed E-state index contributed by atoms with van der Waals surface area (Å²) in [6.07, 6.45) is 0.588. The zero-order chi connectivity index (χ0) is 19.3. The van der Waals surface area contributed by atoms with Gasteiger partial charge in [-0.3, -0.25) is 4.79 Å². The topological polar surface area (TPSA) is 98.1 Å². The number of benzene rings is 1. The number of nitrogens with one attached hydrogen (secondary N) is 1. The summed E-state index contributed by atoms with van der Waals surface area (Å²) < 4.78 is 41.1. The molecule has 26 heavy (non-hydrogen) atoms. The van der Waals surface area contributed by atoms with E-state index in [0.29, 0.717) is 24.5 Å². The van der Waals surface area contributed by atoms with Crippen molar-refractivity contribution in [1.29, 1.82) is 0 Å². The number of sulfonamides is 1. The Hall–Kier alpha value is -2.52. The van der Waals surface area contributed by atoms with Crippen LogP contribution in [0.5, 0.6) is 11.5 Å². The molecule has 142 valence electrons. The van der Waals surface area contributed by atoms with Crippen LogP contribution < -0.4 is 14.2 Å². The van der Waals surface area contributed by atoms with E-state index in [9.17, 15) is 13.2 Å². The quantitative estimate of drug-likeness (QED) is 0.743. The van der Waals surface area contributed by atoms with Crippen LogP contribution in [0.25, 0.3) is 0 Å². The molecular formula is C17H22N2O6S. The molecule has 0 atom stereocenters. The molecule has 8 nitrogen and oxygen atoms in total. The van der Waals surface area contributed by atoms with Gasteiger partial charge >= 0.3 is 0 Å². The van der Waals surface area contributed by atoms with Crippen molar-refractivity contribution in [2.45, 2.75) is 11.5 Å². The van der Waals surface area contributed by atoms with Crippen LogP contribution in [-0.4, -0.2) is 54.1 Å². The van der Waals surface area contributed by atoms with E-state index in [2.05, 4.69) is 4.72 Å². The summed E-state index contributed by atoms with van der Waals surface area (Å²) in [6, 6.07) is 8.14. The van der Waals surface area contributed by atoms with Crippen LogP contribution >= 0.6 is 0 Å². The van der Waals surface area contributed by atoms with E-state index in [0.717, 1.165) is 5.56 Å². The van der Waals surface area contributed by atoms with Crippen LogP contribution in [0.1, 0.15) is 16.1 Å². The lowest BCUT2D eigenvalue weighted by Crippen LogP contribution is -2.28. The molecule has 2 rings (SSSR count). The minimum Gasteiger partial charge on any atom is -0.493 e. The maximum atomic E-state index is 12.4. The molecule has 0 bridgehead atoms. The molecule has 0 spiro atoms. The second kappa shape index (κ2) is 8.24. The third kappa shape index (κ3) is 4.36. The molecule has 0 saturated carbocycles. The lowest BCUT2D eigenvalue weighted by molar-refractivity contribution is 0.0759. The van der Waals surface area contributed by atoms with E-state index in [1.807, 2.05) is 12.1 Å². The Labute approximate surface area is 152 Å². The summed E-state index contributed by atoms with van der Waals surface area (Å²) >= 11 is 0. The molecular weight excluding hydrogens is 360 g/mol. The lowest BCUT2D eigenvalue weighted by Gasteiger charge is -2.16. The summed E-state index contributed by atoms with van der Waals surface area (Å²) in [5.41, 5.74) is 0.972. The van der Waals surface area contributed by atoms with Gasteiger partial charge in [0.2, 0.25) is 5.09 Å². The molecule has 1 aromatic carbocycles. The average molecular weight is 382 g/mol. The Kier molecular flexibility index (Phi) is 6.27. The molecule has 0 aliphatic rings. The fraction of sp³-hybridized carbons (Fsp3) is 0.353. The predicted octanol–water partition coefficient (Wildman–Crippen LogP) is 1.52. The fourth-order valence-electron chi connectivity index (χ4n) is 2.30. The summed E-state index contributed by atoms with van der Waals surface area (Å²) in [5.74, 6) is 0.818. The van der Waals surface area contributed by atoms with Crippen molar-refractivity contribution in [3.63, 3.8) is 0 Å². The minimum absolute atomic E-state index is 0.0337. The van der Waals surface area contributed by atoms with Crippen LogP contribution in [0.4, 0.5) is 0 Å². The SMILES string of the molecule is CNS(=O)(=O)c1ccc(C(=O)N(C)CCc2ccc(OC)c(OC)c2)o1. The van der Waals surface area contributed by atoms with Crippen molar-refractivity contribution in [2.24, 2.45) is 0 Å². The van der Waals surface area contributed by atoms with Gasteiger partial charge < -0.3 is 18.8 Å². The number of methoxy groups -OCH3 is 2. The number of ether oxygens (including phenoxy) is 2. The van der Waals surface area contributed by atoms with Gasteiger partial charge in [-0.15, -0.1) is 0 Å². The van der Waals surface area contributed by atoms with Gasteiger partial charge in [-0.25, -0.2) is 13.1 Å². The molecule has 0 aliphatic heterocycles. The van der Waals surface area contributed by atoms with Gasteiger partial charge in [0.1, 0.15) is 0 Å². The second-order valence-electron chi connectivity index (χ2n) is 5.49. The predicted molar refractivity (Wildman–Crippen MR) is 95.2 cm³/mol. The van der Waals surface area contributed by atoms with Gasteiger partial charge in [0.15, 0.2) is 17.3 Å². The molecule has 2 aromatic rings. The first-order valence-electron chi connectivity index (χ1n) is 7.82. The van der Waals surface area contributed by atoms with Crippen molar-refractivity contribution in [3.05, 3.63) is 41.7 Å². The number of nitrogens with zero attached hydrogens (tertiary/aromatic N) is 1. The van der Waals surface area contributed by atoms with Crippen molar-refractivity contribution in [2.75, 3.05) is 34.9 Å². The van der Waals surface area contributed by atoms with Gasteiger partial charge in [0, 0.05) is 13.6 Å². The average Bonchev–Trinajstić information content (AvgIpc) is 3.16. The highest BCUT2D eigenvalue weighted by molar-refractivity contribution is 7.89. The van der Waals surface area contributed by atoms with E-state index in [1.54, 1.807) is 27.3 Å². The van der Waals surface area contributed by atoms with Gasteiger partial charge in [-0.2, -0.15) is 0 Å². The van der Waals surface area contributed by atoms with E-state index in [-0.39, 0.29) is 10.9 Å². The molecule has 1 amide bonds. The Bertz CT molecular complexity index is 875. The van der Waals surface area contributed by atoms with E-state index in [1.165, 1.54) is 24.1 Å². The zero-order valence-electron chi connectivity index (χ0n) is 15.1. The number of carbonyl (C=O) groups is 1. The molecule has 1 aromatic heterocycles. The monoisotopic (exact) mass is 382 g/mol. The molecule has 9 heteroatoms. The maximum absolute atomic E-state index is 12.4. The molecule has 0 unspecified atom stereocenters. The van der Waals surface area contributed by atoms with Gasteiger partial charge in [-0.1, -0.05) is 6.07 Å². The number of likely N-dealkylation sites (N-methyl/N-ethyl adjacent to an activating group) is 1. The zero-order valence-corrected chi connectivity index (χ0v) is 15.9. The van der Waals surface area contributed by atoms with Crippen molar-refractivity contribution in [1.82, 2.24) is 9.62 Å². The highest BCUT2D eigenvalue weighted by Crippen LogP contribution is 2.27. The van der Waals surface area contributed by atoms with E-state index < -0.39 is 15.9 Å². The summed E-state index contributed by atoms with van der Waals surface area (Å²) in [6.45, 7) is 0.420. The van der Waals surface area contributed by atoms with Gasteiger partial charge in [0.05, 0.1) is 14.2 Å². The Balaban J connectivity index is 2.04. The Morgan fingerprint density at radius 2 is 1.85 bits per heavy atom. The van der Waals surface area contributed by atoms with Crippen LogP contribution in [0.3, 0.4) is 0 Å². The van der Waals surface area contributed by atoms with Gasteiger partial charge in [-0.05, 0) is 43.3 Å². The first-order chi connectivity index (χ1) is 12.3. The molecule has 1 N–H and O–H groups in total. The third-order valence-corrected chi connectivity index (χ3v) is 5.14. The molecule has 0 fully saturated rings. The summed E-state index contributed by atoms with van der Waals surface area (Å²) in [4.78, 5) is 13.9. The normalized spacial score (nSPS) is 11.2. The van der Waals surface area contributed by atoms with E-state index >= 15 is 0 Å². The Morgan fingerprint density at radius 3 is 2.46 bits per heavy atom. The number of hydrogen-bond acceptors (Lipinski definition) is 6. The van der Waals surface area contributed by atoms with Crippen LogP contribution in [0.2, 0.25) is 0 Å². The lowest BCUT2D eigenvalue weighted by atomic mass is 10.1. The van der Waals surface area contributed by atoms with Crippen LogP contribution in [-0.2, 0) is 16.4 Å². The van der Waals surface area contributed by atoms with E-state index in [4.69, 9.17) is 13.9 Å². The Morgan fingerprint density at radius 1 is 1.15 bits per heavy atom. The maximum Gasteiger partial charge on any atom is 0.289 e. The molecule has 0 saturated heterocycles.